The largest absolute Gasteiger partial charge is 0.490 e. The molecule has 0 aromatic heterocycles. The lowest BCUT2D eigenvalue weighted by Gasteiger charge is -2.15. The van der Waals surface area contributed by atoms with Crippen molar-refractivity contribution < 1.29 is 19.1 Å². The molecule has 1 atom stereocenters. The van der Waals surface area contributed by atoms with Crippen LogP contribution in [0.1, 0.15) is 30.1 Å². The zero-order valence-electron chi connectivity index (χ0n) is 15.9. The molecule has 148 valence electrons. The van der Waals surface area contributed by atoms with Crippen LogP contribution < -0.4 is 15.0 Å². The molecule has 1 aliphatic heterocycles. The zero-order valence-corrected chi connectivity index (χ0v) is 17.5. The molecule has 2 aromatic rings. The number of nitrogens with one attached hydrogen (secondary N) is 1. The molecular formula is C21H23BrN2O4. The molecule has 0 spiro atoms. The fraction of sp³-hybridized carbons (Fsp3) is 0.333. The number of hydrogen-bond donors (Lipinski definition) is 1. The van der Waals surface area contributed by atoms with Gasteiger partial charge >= 0.3 is 0 Å². The average molecular weight is 447 g/mol. The third kappa shape index (κ3) is 5.11. The number of carbonyl (C=O) groups excluding carboxylic acids is 2. The van der Waals surface area contributed by atoms with Crippen molar-refractivity contribution in [1.82, 2.24) is 0 Å². The van der Waals surface area contributed by atoms with E-state index in [9.17, 15) is 9.59 Å². The second kappa shape index (κ2) is 9.21. The van der Waals surface area contributed by atoms with Gasteiger partial charge in [0.2, 0.25) is 5.91 Å². The van der Waals surface area contributed by atoms with Gasteiger partial charge in [-0.2, -0.15) is 0 Å². The standard InChI is InChI=1S/C21H23BrN2O4/c1-14(25)24(2)17-8-6-16(7-9-17)23-21(26)15-5-10-20(19(22)12-15)28-13-18-4-3-11-27-18/h5-10,12,18H,3-4,11,13H2,1-2H3,(H,23,26)/t18-/m1/s1. The van der Waals surface area contributed by atoms with Crippen molar-refractivity contribution in [1.29, 1.82) is 0 Å². The van der Waals surface area contributed by atoms with Crippen LogP contribution in [0.3, 0.4) is 0 Å². The summed E-state index contributed by atoms with van der Waals surface area (Å²) in [6.45, 7) is 2.80. The van der Waals surface area contributed by atoms with Gasteiger partial charge in [-0.3, -0.25) is 9.59 Å². The molecule has 2 amide bonds. The third-order valence-electron chi connectivity index (χ3n) is 4.63. The van der Waals surface area contributed by atoms with E-state index >= 15 is 0 Å². The summed E-state index contributed by atoms with van der Waals surface area (Å²) in [5.41, 5.74) is 1.93. The summed E-state index contributed by atoms with van der Waals surface area (Å²) < 4.78 is 12.1. The van der Waals surface area contributed by atoms with Crippen LogP contribution >= 0.6 is 15.9 Å². The molecule has 6 nitrogen and oxygen atoms in total. The van der Waals surface area contributed by atoms with Gasteiger partial charge in [0.25, 0.3) is 5.91 Å². The van der Waals surface area contributed by atoms with Crippen LogP contribution in [0.25, 0.3) is 0 Å². The van der Waals surface area contributed by atoms with Gasteiger partial charge in [0.15, 0.2) is 0 Å². The number of rotatable bonds is 6. The van der Waals surface area contributed by atoms with Crippen LogP contribution in [-0.4, -0.2) is 38.2 Å². The molecule has 1 aliphatic rings. The first-order valence-corrected chi connectivity index (χ1v) is 9.93. The summed E-state index contributed by atoms with van der Waals surface area (Å²) in [6, 6.07) is 12.3. The van der Waals surface area contributed by atoms with Gasteiger partial charge in [0, 0.05) is 37.5 Å². The minimum atomic E-state index is -0.223. The Hall–Kier alpha value is -2.38. The number of anilines is 2. The smallest absolute Gasteiger partial charge is 0.255 e. The molecule has 0 radical (unpaired) electrons. The highest BCUT2D eigenvalue weighted by atomic mass is 79.9. The zero-order chi connectivity index (χ0) is 20.1. The van der Waals surface area contributed by atoms with Gasteiger partial charge in [0.1, 0.15) is 12.4 Å². The first-order valence-electron chi connectivity index (χ1n) is 9.13. The van der Waals surface area contributed by atoms with E-state index in [2.05, 4.69) is 21.2 Å². The van der Waals surface area contributed by atoms with Gasteiger partial charge in [-0.1, -0.05) is 0 Å². The Bertz CT molecular complexity index is 848. The summed E-state index contributed by atoms with van der Waals surface area (Å²) in [6.07, 6.45) is 2.22. The lowest BCUT2D eigenvalue weighted by atomic mass is 10.2. The highest BCUT2D eigenvalue weighted by Crippen LogP contribution is 2.27. The molecule has 3 rings (SSSR count). The van der Waals surface area contributed by atoms with Crippen molar-refractivity contribution in [2.24, 2.45) is 0 Å². The molecule has 1 heterocycles. The van der Waals surface area contributed by atoms with Crippen molar-refractivity contribution in [3.63, 3.8) is 0 Å². The number of amides is 2. The molecule has 0 aliphatic carbocycles. The first kappa shape index (κ1) is 20.4. The normalized spacial score (nSPS) is 15.9. The first-order chi connectivity index (χ1) is 13.4. The van der Waals surface area contributed by atoms with Crippen molar-refractivity contribution in [2.75, 3.05) is 30.5 Å². The molecule has 1 N–H and O–H groups in total. The number of nitrogens with zero attached hydrogens (tertiary/aromatic N) is 1. The maximum absolute atomic E-state index is 12.5. The highest BCUT2D eigenvalue weighted by molar-refractivity contribution is 9.10. The van der Waals surface area contributed by atoms with Crippen molar-refractivity contribution in [3.8, 4) is 5.75 Å². The van der Waals surface area contributed by atoms with E-state index in [1.165, 1.54) is 11.8 Å². The molecule has 0 unspecified atom stereocenters. The van der Waals surface area contributed by atoms with Crippen LogP contribution in [-0.2, 0) is 9.53 Å². The van der Waals surface area contributed by atoms with E-state index in [-0.39, 0.29) is 17.9 Å². The Labute approximate surface area is 172 Å². The summed E-state index contributed by atoms with van der Waals surface area (Å²) >= 11 is 3.47. The van der Waals surface area contributed by atoms with E-state index in [0.29, 0.717) is 23.6 Å². The van der Waals surface area contributed by atoms with Gasteiger partial charge in [0.05, 0.1) is 10.6 Å². The van der Waals surface area contributed by atoms with Crippen LogP contribution in [0, 0.1) is 0 Å². The fourth-order valence-electron chi connectivity index (χ4n) is 2.87. The van der Waals surface area contributed by atoms with Crippen LogP contribution in [0.4, 0.5) is 11.4 Å². The molecule has 7 heteroatoms. The number of benzene rings is 2. The average Bonchev–Trinajstić information content (AvgIpc) is 3.20. The molecule has 28 heavy (non-hydrogen) atoms. The van der Waals surface area contributed by atoms with E-state index in [0.717, 1.165) is 29.6 Å². The summed E-state index contributed by atoms with van der Waals surface area (Å²) in [5, 5.41) is 2.85. The molecule has 0 bridgehead atoms. The third-order valence-corrected chi connectivity index (χ3v) is 5.25. The Balaban J connectivity index is 1.60. The summed E-state index contributed by atoms with van der Waals surface area (Å²) in [5.74, 6) is 0.408. The van der Waals surface area contributed by atoms with Gasteiger partial charge in [-0.05, 0) is 71.2 Å². The second-order valence-corrected chi connectivity index (χ2v) is 7.52. The van der Waals surface area contributed by atoms with Crippen molar-refractivity contribution in [2.45, 2.75) is 25.9 Å². The van der Waals surface area contributed by atoms with E-state index < -0.39 is 0 Å². The summed E-state index contributed by atoms with van der Waals surface area (Å²) in [4.78, 5) is 25.5. The number of ether oxygens (including phenoxy) is 2. The van der Waals surface area contributed by atoms with E-state index in [1.54, 1.807) is 49.5 Å². The fourth-order valence-corrected chi connectivity index (χ4v) is 3.36. The highest BCUT2D eigenvalue weighted by Gasteiger charge is 2.17. The van der Waals surface area contributed by atoms with Crippen molar-refractivity contribution >= 4 is 39.1 Å². The van der Waals surface area contributed by atoms with Crippen LogP contribution in [0.2, 0.25) is 0 Å². The minimum Gasteiger partial charge on any atom is -0.490 e. The molecule has 1 saturated heterocycles. The van der Waals surface area contributed by atoms with Gasteiger partial charge in [-0.25, -0.2) is 0 Å². The van der Waals surface area contributed by atoms with Crippen LogP contribution in [0.5, 0.6) is 5.75 Å². The quantitative estimate of drug-likeness (QED) is 0.720. The molecule has 0 saturated carbocycles. The monoisotopic (exact) mass is 446 g/mol. The Morgan fingerprint density at radius 2 is 2.00 bits per heavy atom. The minimum absolute atomic E-state index is 0.0524. The van der Waals surface area contributed by atoms with Gasteiger partial charge in [-0.15, -0.1) is 0 Å². The SMILES string of the molecule is CC(=O)N(C)c1ccc(NC(=O)c2ccc(OC[C@H]3CCCO3)c(Br)c2)cc1. The topological polar surface area (TPSA) is 67.9 Å². The second-order valence-electron chi connectivity index (χ2n) is 6.67. The Kier molecular flexibility index (Phi) is 6.70. The van der Waals surface area contributed by atoms with E-state index in [1.807, 2.05) is 0 Å². The molecular weight excluding hydrogens is 424 g/mol. The molecule has 2 aromatic carbocycles. The van der Waals surface area contributed by atoms with Crippen LogP contribution in [0.15, 0.2) is 46.9 Å². The predicted octanol–water partition coefficient (Wildman–Crippen LogP) is 4.24. The Morgan fingerprint density at radius 1 is 1.25 bits per heavy atom. The number of halogens is 1. The maximum Gasteiger partial charge on any atom is 0.255 e. The Morgan fingerprint density at radius 3 is 2.61 bits per heavy atom. The number of carbonyl (C=O) groups is 2. The lowest BCUT2D eigenvalue weighted by Crippen LogP contribution is -2.22. The van der Waals surface area contributed by atoms with Gasteiger partial charge < -0.3 is 19.7 Å². The summed E-state index contributed by atoms with van der Waals surface area (Å²) in [7, 11) is 1.70. The molecule has 1 fully saturated rings. The van der Waals surface area contributed by atoms with Crippen molar-refractivity contribution in [3.05, 3.63) is 52.5 Å². The maximum atomic E-state index is 12.5. The lowest BCUT2D eigenvalue weighted by molar-refractivity contribution is -0.116. The predicted molar refractivity (Wildman–Crippen MR) is 112 cm³/mol. The van der Waals surface area contributed by atoms with E-state index in [4.69, 9.17) is 9.47 Å². The number of hydrogen-bond acceptors (Lipinski definition) is 4.